The molecule has 17 heavy (non-hydrogen) atoms. The molecule has 1 aromatic rings. The molecule has 0 aliphatic carbocycles. The van der Waals surface area contributed by atoms with Crippen LogP contribution in [0.25, 0.3) is 10.4 Å². The van der Waals surface area contributed by atoms with E-state index < -0.39 is 17.9 Å². The Labute approximate surface area is 104 Å². The van der Waals surface area contributed by atoms with Crippen molar-refractivity contribution in [1.29, 1.82) is 0 Å². The van der Waals surface area contributed by atoms with Gasteiger partial charge in [-0.05, 0) is 36.2 Å². The number of nitrogens with zero attached hydrogens (tertiary/aromatic N) is 3. The van der Waals surface area contributed by atoms with Crippen LogP contribution >= 0.6 is 11.6 Å². The molecule has 0 saturated carbocycles. The van der Waals surface area contributed by atoms with Gasteiger partial charge < -0.3 is 5.11 Å². The first kappa shape index (κ1) is 13.5. The zero-order chi connectivity index (χ0) is 12.8. The molecule has 0 fully saturated rings. The Hall–Kier alpha value is -1.55. The summed E-state index contributed by atoms with van der Waals surface area (Å²) in [5.41, 5.74) is 8.76. The largest absolute Gasteiger partial charge is 0.392 e. The van der Waals surface area contributed by atoms with Gasteiger partial charge in [-0.2, -0.15) is 0 Å². The van der Waals surface area contributed by atoms with Gasteiger partial charge in [0.1, 0.15) is 6.04 Å². The SMILES string of the molecule is CC[C@H](O)[C@H](N=[N+]=[N-])C(=O)c1ccc(Cl)cc1. The van der Waals surface area contributed by atoms with Gasteiger partial charge >= 0.3 is 0 Å². The van der Waals surface area contributed by atoms with E-state index in [0.717, 1.165) is 0 Å². The Morgan fingerprint density at radius 2 is 2.12 bits per heavy atom. The van der Waals surface area contributed by atoms with Crippen LogP contribution in [0, 0.1) is 0 Å². The second-order valence-corrected chi connectivity index (χ2v) is 3.93. The fourth-order valence-electron chi connectivity index (χ4n) is 1.37. The number of azide groups is 1. The molecular formula is C11H12ClN3O2. The van der Waals surface area contributed by atoms with Gasteiger partial charge in [0.05, 0.1) is 6.10 Å². The fourth-order valence-corrected chi connectivity index (χ4v) is 1.49. The number of halogens is 1. The lowest BCUT2D eigenvalue weighted by atomic mass is 9.99. The highest BCUT2D eigenvalue weighted by molar-refractivity contribution is 6.30. The molecule has 1 aromatic carbocycles. The zero-order valence-corrected chi connectivity index (χ0v) is 10.0. The molecule has 1 N–H and O–H groups in total. The van der Waals surface area contributed by atoms with Crippen molar-refractivity contribution in [3.05, 3.63) is 45.3 Å². The van der Waals surface area contributed by atoms with E-state index >= 15 is 0 Å². The lowest BCUT2D eigenvalue weighted by Gasteiger charge is -2.15. The highest BCUT2D eigenvalue weighted by atomic mass is 35.5. The monoisotopic (exact) mass is 253 g/mol. The van der Waals surface area contributed by atoms with Gasteiger partial charge in [0.25, 0.3) is 0 Å². The number of carbonyl (C=O) groups is 1. The summed E-state index contributed by atoms with van der Waals surface area (Å²) in [5.74, 6) is -0.409. The molecule has 0 saturated heterocycles. The predicted molar refractivity (Wildman–Crippen MR) is 65.0 cm³/mol. The van der Waals surface area contributed by atoms with Crippen LogP contribution in [-0.4, -0.2) is 23.0 Å². The standard InChI is InChI=1S/C11H12ClN3O2/c1-2-9(16)10(14-15-13)11(17)7-3-5-8(12)6-4-7/h3-6,9-10,16H,2H2,1H3/t9-,10-/m0/s1. The molecule has 1 rings (SSSR count). The molecule has 6 heteroatoms. The van der Waals surface area contributed by atoms with Crippen molar-refractivity contribution < 1.29 is 9.90 Å². The van der Waals surface area contributed by atoms with Crippen LogP contribution in [0.2, 0.25) is 5.02 Å². The highest BCUT2D eigenvalue weighted by Gasteiger charge is 2.25. The number of aliphatic hydroxyl groups excluding tert-OH is 1. The lowest BCUT2D eigenvalue weighted by molar-refractivity contribution is 0.0812. The molecule has 0 bridgehead atoms. The van der Waals surface area contributed by atoms with Crippen molar-refractivity contribution in [2.75, 3.05) is 0 Å². The first-order valence-corrected chi connectivity index (χ1v) is 5.50. The number of aliphatic hydroxyl groups is 1. The molecule has 0 spiro atoms. The van der Waals surface area contributed by atoms with E-state index in [1.165, 1.54) is 12.1 Å². The van der Waals surface area contributed by atoms with Gasteiger partial charge in [0, 0.05) is 15.5 Å². The van der Waals surface area contributed by atoms with Crippen molar-refractivity contribution in [3.8, 4) is 0 Å². The van der Waals surface area contributed by atoms with E-state index in [1.54, 1.807) is 19.1 Å². The molecule has 5 nitrogen and oxygen atoms in total. The molecule has 0 aromatic heterocycles. The Morgan fingerprint density at radius 1 is 1.53 bits per heavy atom. The summed E-state index contributed by atoms with van der Waals surface area (Å²) in [4.78, 5) is 14.6. The summed E-state index contributed by atoms with van der Waals surface area (Å²) in [6.45, 7) is 1.71. The van der Waals surface area contributed by atoms with Crippen LogP contribution in [-0.2, 0) is 0 Å². The highest BCUT2D eigenvalue weighted by Crippen LogP contribution is 2.15. The number of hydrogen-bond donors (Lipinski definition) is 1. The van der Waals surface area contributed by atoms with Gasteiger partial charge in [-0.25, -0.2) is 0 Å². The zero-order valence-electron chi connectivity index (χ0n) is 9.25. The molecule has 0 radical (unpaired) electrons. The van der Waals surface area contributed by atoms with Crippen molar-refractivity contribution in [2.45, 2.75) is 25.5 Å². The maximum absolute atomic E-state index is 12.0. The van der Waals surface area contributed by atoms with Crippen molar-refractivity contribution in [2.24, 2.45) is 5.11 Å². The number of benzene rings is 1. The van der Waals surface area contributed by atoms with E-state index in [1.807, 2.05) is 0 Å². The molecule has 0 unspecified atom stereocenters. The number of ketones is 1. The van der Waals surface area contributed by atoms with Gasteiger partial charge in [-0.15, -0.1) is 0 Å². The van der Waals surface area contributed by atoms with Crippen LogP contribution in [0.5, 0.6) is 0 Å². The van der Waals surface area contributed by atoms with E-state index in [-0.39, 0.29) is 0 Å². The van der Waals surface area contributed by atoms with Gasteiger partial charge in [0.15, 0.2) is 5.78 Å². The van der Waals surface area contributed by atoms with Crippen LogP contribution < -0.4 is 0 Å². The minimum absolute atomic E-state index is 0.336. The third-order valence-electron chi connectivity index (χ3n) is 2.36. The number of Topliss-reactive ketones (excluding diaryl/α,β-unsaturated/α-hetero) is 1. The van der Waals surface area contributed by atoms with E-state index in [4.69, 9.17) is 17.1 Å². The van der Waals surface area contributed by atoms with Crippen molar-refractivity contribution >= 4 is 17.4 Å². The van der Waals surface area contributed by atoms with Crippen LogP contribution in [0.1, 0.15) is 23.7 Å². The molecule has 0 aliphatic heterocycles. The third kappa shape index (κ3) is 3.46. The van der Waals surface area contributed by atoms with Gasteiger partial charge in [-0.1, -0.05) is 23.6 Å². The summed E-state index contributed by atoms with van der Waals surface area (Å²) in [6.07, 6.45) is -0.641. The summed E-state index contributed by atoms with van der Waals surface area (Å²) < 4.78 is 0. The van der Waals surface area contributed by atoms with Crippen LogP contribution in [0.15, 0.2) is 29.4 Å². The summed E-state index contributed by atoms with van der Waals surface area (Å²) in [5, 5.41) is 13.5. The summed E-state index contributed by atoms with van der Waals surface area (Å²) in [7, 11) is 0. The first-order chi connectivity index (χ1) is 8.10. The average molecular weight is 254 g/mol. The Kier molecular flexibility index (Phi) is 4.97. The number of carbonyl (C=O) groups excluding carboxylic acids is 1. The van der Waals surface area contributed by atoms with E-state index in [2.05, 4.69) is 10.0 Å². The smallest absolute Gasteiger partial charge is 0.174 e. The van der Waals surface area contributed by atoms with E-state index in [9.17, 15) is 9.90 Å². The predicted octanol–water partition coefficient (Wildman–Crippen LogP) is 2.97. The molecule has 2 atom stereocenters. The second-order valence-electron chi connectivity index (χ2n) is 3.50. The van der Waals surface area contributed by atoms with Crippen LogP contribution in [0.4, 0.5) is 0 Å². The Morgan fingerprint density at radius 3 is 2.59 bits per heavy atom. The van der Waals surface area contributed by atoms with Crippen LogP contribution in [0.3, 0.4) is 0 Å². The van der Waals surface area contributed by atoms with Crippen molar-refractivity contribution in [3.63, 3.8) is 0 Å². The molecule has 0 amide bonds. The normalized spacial score (nSPS) is 13.6. The molecular weight excluding hydrogens is 242 g/mol. The maximum atomic E-state index is 12.0. The van der Waals surface area contributed by atoms with E-state index in [0.29, 0.717) is 17.0 Å². The topological polar surface area (TPSA) is 86.1 Å². The maximum Gasteiger partial charge on any atom is 0.174 e. The first-order valence-electron chi connectivity index (χ1n) is 5.12. The number of rotatable bonds is 5. The van der Waals surface area contributed by atoms with Gasteiger partial charge in [-0.3, -0.25) is 4.79 Å². The van der Waals surface area contributed by atoms with Gasteiger partial charge in [0.2, 0.25) is 0 Å². The second kappa shape index (κ2) is 6.25. The quantitative estimate of drug-likeness (QED) is 0.378. The fraction of sp³-hybridized carbons (Fsp3) is 0.364. The number of hydrogen-bond acceptors (Lipinski definition) is 3. The minimum atomic E-state index is -1.09. The Bertz CT molecular complexity index is 441. The third-order valence-corrected chi connectivity index (χ3v) is 2.61. The molecule has 0 heterocycles. The molecule has 90 valence electrons. The summed E-state index contributed by atoms with van der Waals surface area (Å²) >= 11 is 5.70. The minimum Gasteiger partial charge on any atom is -0.392 e. The average Bonchev–Trinajstić information content (AvgIpc) is 2.35. The molecule has 0 aliphatic rings. The van der Waals surface area contributed by atoms with Crippen molar-refractivity contribution in [1.82, 2.24) is 0 Å². The lowest BCUT2D eigenvalue weighted by Crippen LogP contribution is -2.31. The summed E-state index contributed by atoms with van der Waals surface area (Å²) in [6, 6.07) is 5.12. The Balaban J connectivity index is 2.99.